The van der Waals surface area contributed by atoms with E-state index in [0.717, 1.165) is 18.8 Å². The summed E-state index contributed by atoms with van der Waals surface area (Å²) in [5, 5.41) is 3.30. The molecule has 2 heterocycles. The van der Waals surface area contributed by atoms with Crippen LogP contribution in [0.4, 0.5) is 0 Å². The van der Waals surface area contributed by atoms with E-state index >= 15 is 0 Å². The molecule has 0 spiro atoms. The second kappa shape index (κ2) is 5.92. The average molecular weight is 214 g/mol. The van der Waals surface area contributed by atoms with Gasteiger partial charge in [-0.25, -0.2) is 9.97 Å². The zero-order valence-electron chi connectivity index (χ0n) is 9.00. The van der Waals surface area contributed by atoms with Crippen molar-refractivity contribution in [2.24, 2.45) is 0 Å². The van der Waals surface area contributed by atoms with Crippen LogP contribution in [0.25, 0.3) is 0 Å². The van der Waals surface area contributed by atoms with Crippen LogP contribution in [-0.2, 0) is 13.0 Å². The largest absolute Gasteiger partial charge is 0.310 e. The van der Waals surface area contributed by atoms with Gasteiger partial charge in [-0.1, -0.05) is 0 Å². The number of hydrogen-bond acceptors (Lipinski definition) is 4. The molecule has 0 amide bonds. The lowest BCUT2D eigenvalue weighted by molar-refractivity contribution is 0.659. The SMILES string of the molecule is c1cnc(CNCCc2ccncc2)nc1. The first-order valence-corrected chi connectivity index (χ1v) is 5.30. The van der Waals surface area contributed by atoms with Gasteiger partial charge in [-0.3, -0.25) is 4.98 Å². The molecule has 0 aromatic carbocycles. The van der Waals surface area contributed by atoms with Crippen molar-refractivity contribution in [2.45, 2.75) is 13.0 Å². The van der Waals surface area contributed by atoms with Gasteiger partial charge in [0.05, 0.1) is 6.54 Å². The molecule has 2 aromatic rings. The lowest BCUT2D eigenvalue weighted by Gasteiger charge is -2.03. The second-order valence-electron chi connectivity index (χ2n) is 3.45. The number of hydrogen-bond donors (Lipinski definition) is 1. The fourth-order valence-electron chi connectivity index (χ4n) is 1.40. The number of rotatable bonds is 5. The minimum Gasteiger partial charge on any atom is -0.310 e. The predicted molar refractivity (Wildman–Crippen MR) is 61.7 cm³/mol. The zero-order chi connectivity index (χ0) is 11.1. The van der Waals surface area contributed by atoms with Crippen molar-refractivity contribution in [3.05, 3.63) is 54.4 Å². The number of aromatic nitrogens is 3. The maximum atomic E-state index is 4.14. The van der Waals surface area contributed by atoms with E-state index in [9.17, 15) is 0 Å². The molecule has 1 N–H and O–H groups in total. The van der Waals surface area contributed by atoms with Crippen molar-refractivity contribution in [1.82, 2.24) is 20.3 Å². The quantitative estimate of drug-likeness (QED) is 0.760. The molecular formula is C12H14N4. The van der Waals surface area contributed by atoms with Gasteiger partial charge in [-0.2, -0.15) is 0 Å². The topological polar surface area (TPSA) is 50.7 Å². The summed E-state index contributed by atoms with van der Waals surface area (Å²) >= 11 is 0. The molecule has 0 saturated carbocycles. The Labute approximate surface area is 94.8 Å². The van der Waals surface area contributed by atoms with Crippen LogP contribution in [0, 0.1) is 0 Å². The highest BCUT2D eigenvalue weighted by Crippen LogP contribution is 1.96. The summed E-state index contributed by atoms with van der Waals surface area (Å²) < 4.78 is 0. The molecule has 0 atom stereocenters. The molecule has 0 bridgehead atoms. The second-order valence-corrected chi connectivity index (χ2v) is 3.45. The highest BCUT2D eigenvalue weighted by molar-refractivity contribution is 5.09. The molecule has 82 valence electrons. The normalized spacial score (nSPS) is 10.2. The molecule has 2 rings (SSSR count). The van der Waals surface area contributed by atoms with Crippen LogP contribution < -0.4 is 5.32 Å². The Hall–Kier alpha value is -1.81. The van der Waals surface area contributed by atoms with Gasteiger partial charge in [-0.15, -0.1) is 0 Å². The summed E-state index contributed by atoms with van der Waals surface area (Å²) in [4.78, 5) is 12.3. The van der Waals surface area contributed by atoms with Crippen LogP contribution in [0.3, 0.4) is 0 Å². The van der Waals surface area contributed by atoms with E-state index in [0.29, 0.717) is 6.54 Å². The highest BCUT2D eigenvalue weighted by Gasteiger charge is 1.94. The van der Waals surface area contributed by atoms with Gasteiger partial charge in [0, 0.05) is 24.8 Å². The molecule has 0 aliphatic heterocycles. The standard InChI is InChI=1S/C12H14N4/c1-5-15-12(16-6-1)10-14-9-4-11-2-7-13-8-3-11/h1-3,5-8,14H,4,9-10H2. The minimum atomic E-state index is 0.714. The number of nitrogens with zero attached hydrogens (tertiary/aromatic N) is 3. The first-order valence-electron chi connectivity index (χ1n) is 5.30. The van der Waals surface area contributed by atoms with Crippen LogP contribution in [0.1, 0.15) is 11.4 Å². The van der Waals surface area contributed by atoms with Crippen molar-refractivity contribution in [2.75, 3.05) is 6.54 Å². The van der Waals surface area contributed by atoms with Crippen LogP contribution in [0.2, 0.25) is 0 Å². The fourth-order valence-corrected chi connectivity index (χ4v) is 1.40. The minimum absolute atomic E-state index is 0.714. The van der Waals surface area contributed by atoms with Crippen LogP contribution in [-0.4, -0.2) is 21.5 Å². The van der Waals surface area contributed by atoms with E-state index < -0.39 is 0 Å². The van der Waals surface area contributed by atoms with Crippen molar-refractivity contribution >= 4 is 0 Å². The third-order valence-corrected chi connectivity index (χ3v) is 2.24. The summed E-state index contributed by atoms with van der Waals surface area (Å²) in [5.74, 6) is 0.831. The Morgan fingerprint density at radius 1 is 1.00 bits per heavy atom. The zero-order valence-corrected chi connectivity index (χ0v) is 9.00. The molecule has 0 unspecified atom stereocenters. The van der Waals surface area contributed by atoms with E-state index in [1.807, 2.05) is 30.6 Å². The first kappa shape index (κ1) is 10.7. The van der Waals surface area contributed by atoms with Gasteiger partial charge in [0.2, 0.25) is 0 Å². The lowest BCUT2D eigenvalue weighted by Crippen LogP contribution is -2.18. The Balaban J connectivity index is 1.70. The summed E-state index contributed by atoms with van der Waals surface area (Å²) in [6.07, 6.45) is 8.14. The van der Waals surface area contributed by atoms with E-state index in [1.54, 1.807) is 12.4 Å². The molecule has 4 nitrogen and oxygen atoms in total. The predicted octanol–water partition coefficient (Wildman–Crippen LogP) is 1.20. The fraction of sp³-hybridized carbons (Fsp3) is 0.250. The van der Waals surface area contributed by atoms with E-state index in [4.69, 9.17) is 0 Å². The summed E-state index contributed by atoms with van der Waals surface area (Å²) in [6.45, 7) is 1.63. The first-order chi connectivity index (χ1) is 7.95. The van der Waals surface area contributed by atoms with Gasteiger partial charge < -0.3 is 5.32 Å². The van der Waals surface area contributed by atoms with E-state index in [2.05, 4.69) is 20.3 Å². The molecule has 2 aromatic heterocycles. The monoisotopic (exact) mass is 214 g/mol. The molecule has 0 aliphatic rings. The van der Waals surface area contributed by atoms with Gasteiger partial charge in [0.25, 0.3) is 0 Å². The molecule has 0 radical (unpaired) electrons. The summed E-state index contributed by atoms with van der Waals surface area (Å²) in [5.41, 5.74) is 1.29. The van der Waals surface area contributed by atoms with Crippen molar-refractivity contribution in [3.63, 3.8) is 0 Å². The van der Waals surface area contributed by atoms with Crippen LogP contribution in [0.15, 0.2) is 43.0 Å². The van der Waals surface area contributed by atoms with Gasteiger partial charge >= 0.3 is 0 Å². The molecule has 0 aliphatic carbocycles. The molecule has 16 heavy (non-hydrogen) atoms. The Morgan fingerprint density at radius 2 is 1.75 bits per heavy atom. The van der Waals surface area contributed by atoms with Gasteiger partial charge in [-0.05, 0) is 36.7 Å². The maximum Gasteiger partial charge on any atom is 0.141 e. The van der Waals surface area contributed by atoms with Crippen LogP contribution in [0.5, 0.6) is 0 Å². The van der Waals surface area contributed by atoms with Crippen molar-refractivity contribution < 1.29 is 0 Å². The Kier molecular flexibility index (Phi) is 3.96. The molecular weight excluding hydrogens is 200 g/mol. The maximum absolute atomic E-state index is 4.14. The van der Waals surface area contributed by atoms with E-state index in [-0.39, 0.29) is 0 Å². The summed E-state index contributed by atoms with van der Waals surface area (Å²) in [6, 6.07) is 5.88. The molecule has 0 saturated heterocycles. The van der Waals surface area contributed by atoms with Crippen molar-refractivity contribution in [1.29, 1.82) is 0 Å². The third-order valence-electron chi connectivity index (χ3n) is 2.24. The smallest absolute Gasteiger partial charge is 0.141 e. The molecule has 0 fully saturated rings. The van der Waals surface area contributed by atoms with Gasteiger partial charge in [0.15, 0.2) is 0 Å². The number of nitrogens with one attached hydrogen (secondary N) is 1. The Morgan fingerprint density at radius 3 is 2.50 bits per heavy atom. The summed E-state index contributed by atoms with van der Waals surface area (Å²) in [7, 11) is 0. The van der Waals surface area contributed by atoms with E-state index in [1.165, 1.54) is 5.56 Å². The Bertz CT molecular complexity index is 360. The van der Waals surface area contributed by atoms with Crippen LogP contribution >= 0.6 is 0 Å². The highest BCUT2D eigenvalue weighted by atomic mass is 14.9. The van der Waals surface area contributed by atoms with Crippen molar-refractivity contribution in [3.8, 4) is 0 Å². The number of pyridine rings is 1. The molecule has 4 heteroatoms. The lowest BCUT2D eigenvalue weighted by atomic mass is 10.2. The average Bonchev–Trinajstić information content (AvgIpc) is 2.37. The van der Waals surface area contributed by atoms with Gasteiger partial charge in [0.1, 0.15) is 5.82 Å². The third kappa shape index (κ3) is 3.40.